The largest absolute Gasteiger partial charge is 0.333 e. The first-order valence-electron chi connectivity index (χ1n) is 6.71. The molecule has 2 aromatic heterocycles. The number of benzene rings is 1. The van der Waals surface area contributed by atoms with Gasteiger partial charge in [0.15, 0.2) is 5.82 Å². The summed E-state index contributed by atoms with van der Waals surface area (Å²) in [5, 5.41) is 1.22. The van der Waals surface area contributed by atoms with Crippen molar-refractivity contribution in [2.45, 2.75) is 18.7 Å². The van der Waals surface area contributed by atoms with E-state index >= 15 is 0 Å². The number of aryl methyl sites for hydroxylation is 2. The average Bonchev–Trinajstić information content (AvgIpc) is 2.86. The third kappa shape index (κ3) is 2.31. The number of aromatic nitrogens is 3. The zero-order chi connectivity index (χ0) is 14.1. The Kier molecular flexibility index (Phi) is 3.49. The van der Waals surface area contributed by atoms with E-state index in [1.54, 1.807) is 6.20 Å². The topological polar surface area (TPSA) is 30.7 Å². The van der Waals surface area contributed by atoms with Crippen molar-refractivity contribution < 1.29 is 0 Å². The number of rotatable bonds is 3. The molecular weight excluding hydrogens is 266 g/mol. The Balaban J connectivity index is 2.15. The highest BCUT2D eigenvalue weighted by Gasteiger charge is 2.09. The van der Waals surface area contributed by atoms with Gasteiger partial charge in [0.25, 0.3) is 0 Å². The molecule has 0 aliphatic heterocycles. The van der Waals surface area contributed by atoms with Gasteiger partial charge < -0.3 is 4.57 Å². The molecule has 0 radical (unpaired) electrons. The Bertz CT molecular complexity index is 762. The van der Waals surface area contributed by atoms with Crippen molar-refractivity contribution in [3.63, 3.8) is 0 Å². The van der Waals surface area contributed by atoms with Gasteiger partial charge in [-0.1, -0.05) is 6.92 Å². The molecule has 2 heterocycles. The predicted octanol–water partition coefficient (Wildman–Crippen LogP) is 4.06. The van der Waals surface area contributed by atoms with Crippen LogP contribution in [0.2, 0.25) is 0 Å². The highest BCUT2D eigenvalue weighted by atomic mass is 32.2. The lowest BCUT2D eigenvalue weighted by Crippen LogP contribution is -1.95. The summed E-state index contributed by atoms with van der Waals surface area (Å²) >= 11 is 1.86. The smallest absolute Gasteiger partial charge is 0.158 e. The maximum atomic E-state index is 4.75. The fourth-order valence-electron chi connectivity index (χ4n) is 2.36. The van der Waals surface area contributed by atoms with Crippen molar-refractivity contribution >= 4 is 22.7 Å². The molecule has 0 unspecified atom stereocenters. The number of nitrogens with zero attached hydrogens (tertiary/aromatic N) is 3. The van der Waals surface area contributed by atoms with E-state index in [9.17, 15) is 0 Å². The summed E-state index contributed by atoms with van der Waals surface area (Å²) in [4.78, 5) is 10.4. The molecule has 3 rings (SSSR count). The average molecular weight is 283 g/mol. The molecule has 0 N–H and O–H groups in total. The molecule has 20 heavy (non-hydrogen) atoms. The minimum absolute atomic E-state index is 0.905. The van der Waals surface area contributed by atoms with Crippen molar-refractivity contribution in [3.8, 4) is 11.5 Å². The van der Waals surface area contributed by atoms with Crippen LogP contribution in [0.25, 0.3) is 22.4 Å². The van der Waals surface area contributed by atoms with E-state index < -0.39 is 0 Å². The van der Waals surface area contributed by atoms with Gasteiger partial charge in [-0.3, -0.25) is 0 Å². The van der Waals surface area contributed by atoms with Crippen LogP contribution in [0.4, 0.5) is 0 Å². The second-order valence-electron chi connectivity index (χ2n) is 4.80. The SMILES string of the molecule is CCSc1ccc2nc(-c3nccn3C)cc(C)c2c1. The normalized spacial score (nSPS) is 11.2. The molecule has 0 amide bonds. The molecule has 3 aromatic rings. The highest BCUT2D eigenvalue weighted by Crippen LogP contribution is 2.27. The summed E-state index contributed by atoms with van der Waals surface area (Å²) in [7, 11) is 1.99. The first-order valence-corrected chi connectivity index (χ1v) is 7.69. The Hall–Kier alpha value is -1.81. The van der Waals surface area contributed by atoms with Gasteiger partial charge in [-0.2, -0.15) is 0 Å². The second-order valence-corrected chi connectivity index (χ2v) is 6.14. The van der Waals surface area contributed by atoms with E-state index in [0.717, 1.165) is 22.8 Å². The number of fused-ring (bicyclic) bond motifs is 1. The number of hydrogen-bond acceptors (Lipinski definition) is 3. The van der Waals surface area contributed by atoms with Crippen LogP contribution in [0.3, 0.4) is 0 Å². The number of imidazole rings is 1. The van der Waals surface area contributed by atoms with Crippen LogP contribution in [-0.2, 0) is 7.05 Å². The number of pyridine rings is 1. The van der Waals surface area contributed by atoms with E-state index in [-0.39, 0.29) is 0 Å². The van der Waals surface area contributed by atoms with Crippen molar-refractivity contribution in [1.29, 1.82) is 0 Å². The van der Waals surface area contributed by atoms with E-state index in [2.05, 4.69) is 43.1 Å². The van der Waals surface area contributed by atoms with Gasteiger partial charge in [-0.05, 0) is 42.5 Å². The minimum atomic E-state index is 0.905. The lowest BCUT2D eigenvalue weighted by molar-refractivity contribution is 0.919. The summed E-state index contributed by atoms with van der Waals surface area (Å²) in [6.45, 7) is 4.31. The Labute approximate surface area is 123 Å². The standard InChI is InChI=1S/C16H17N3S/c1-4-20-12-5-6-14-13(10-12)11(2)9-15(18-14)16-17-7-8-19(16)3/h5-10H,4H2,1-3H3. The first-order chi connectivity index (χ1) is 9.69. The van der Waals surface area contributed by atoms with Gasteiger partial charge >= 0.3 is 0 Å². The van der Waals surface area contributed by atoms with Crippen molar-refractivity contribution in [2.75, 3.05) is 5.75 Å². The molecule has 102 valence electrons. The highest BCUT2D eigenvalue weighted by molar-refractivity contribution is 7.99. The van der Waals surface area contributed by atoms with Crippen LogP contribution in [-0.4, -0.2) is 20.3 Å². The fourth-order valence-corrected chi connectivity index (χ4v) is 3.06. The lowest BCUT2D eigenvalue weighted by Gasteiger charge is -2.08. The quantitative estimate of drug-likeness (QED) is 0.679. The Morgan fingerprint density at radius 1 is 1.25 bits per heavy atom. The summed E-state index contributed by atoms with van der Waals surface area (Å²) in [6, 6.07) is 8.59. The molecule has 0 spiro atoms. The minimum Gasteiger partial charge on any atom is -0.333 e. The van der Waals surface area contributed by atoms with Gasteiger partial charge in [0.05, 0.1) is 5.52 Å². The number of hydrogen-bond donors (Lipinski definition) is 0. The van der Waals surface area contributed by atoms with Crippen molar-refractivity contribution in [2.24, 2.45) is 7.05 Å². The van der Waals surface area contributed by atoms with Gasteiger partial charge in [0.2, 0.25) is 0 Å². The molecule has 1 aromatic carbocycles. The van der Waals surface area contributed by atoms with Gasteiger partial charge in [0.1, 0.15) is 5.69 Å². The third-order valence-corrected chi connectivity index (χ3v) is 4.22. The molecule has 0 saturated carbocycles. The lowest BCUT2D eigenvalue weighted by atomic mass is 10.1. The Morgan fingerprint density at radius 3 is 2.80 bits per heavy atom. The third-order valence-electron chi connectivity index (χ3n) is 3.35. The Morgan fingerprint density at radius 2 is 2.10 bits per heavy atom. The molecule has 3 nitrogen and oxygen atoms in total. The van der Waals surface area contributed by atoms with Crippen molar-refractivity contribution in [1.82, 2.24) is 14.5 Å². The van der Waals surface area contributed by atoms with E-state index in [4.69, 9.17) is 4.98 Å². The van der Waals surface area contributed by atoms with E-state index in [0.29, 0.717) is 0 Å². The molecule has 0 aliphatic rings. The van der Waals surface area contributed by atoms with Crippen molar-refractivity contribution in [3.05, 3.63) is 42.2 Å². The van der Waals surface area contributed by atoms with Gasteiger partial charge in [0, 0.05) is 29.7 Å². The van der Waals surface area contributed by atoms with Crippen LogP contribution >= 0.6 is 11.8 Å². The maximum Gasteiger partial charge on any atom is 0.158 e. The summed E-state index contributed by atoms with van der Waals surface area (Å²) in [5.74, 6) is 1.99. The van der Waals surface area contributed by atoms with E-state index in [1.807, 2.05) is 29.6 Å². The van der Waals surface area contributed by atoms with Gasteiger partial charge in [-0.15, -0.1) is 11.8 Å². The van der Waals surface area contributed by atoms with Crippen LogP contribution in [0.5, 0.6) is 0 Å². The zero-order valence-corrected chi connectivity index (χ0v) is 12.7. The fraction of sp³-hybridized carbons (Fsp3) is 0.250. The number of thioether (sulfide) groups is 1. The van der Waals surface area contributed by atoms with E-state index in [1.165, 1.54) is 15.8 Å². The zero-order valence-electron chi connectivity index (χ0n) is 11.9. The summed E-state index contributed by atoms with van der Waals surface area (Å²) in [5.41, 5.74) is 3.20. The maximum absolute atomic E-state index is 4.75. The van der Waals surface area contributed by atoms with Crippen LogP contribution in [0, 0.1) is 6.92 Å². The predicted molar refractivity (Wildman–Crippen MR) is 85.1 cm³/mol. The van der Waals surface area contributed by atoms with Crippen LogP contribution in [0.1, 0.15) is 12.5 Å². The second kappa shape index (κ2) is 5.29. The molecule has 0 saturated heterocycles. The van der Waals surface area contributed by atoms with Crippen LogP contribution < -0.4 is 0 Å². The van der Waals surface area contributed by atoms with Crippen LogP contribution in [0.15, 0.2) is 41.6 Å². The molecule has 0 fully saturated rings. The molecule has 0 bridgehead atoms. The van der Waals surface area contributed by atoms with Gasteiger partial charge in [-0.25, -0.2) is 9.97 Å². The first kappa shape index (κ1) is 13.2. The molecule has 0 atom stereocenters. The molecule has 0 aliphatic carbocycles. The molecule has 4 heteroatoms. The monoisotopic (exact) mass is 283 g/mol. The summed E-state index contributed by atoms with van der Waals surface area (Å²) < 4.78 is 1.99. The molecular formula is C16H17N3S. The summed E-state index contributed by atoms with van der Waals surface area (Å²) in [6.07, 6.45) is 3.75.